The van der Waals surface area contributed by atoms with Gasteiger partial charge >= 0.3 is 6.09 Å². The smallest absolute Gasteiger partial charge is 0.415 e. The lowest BCUT2D eigenvalue weighted by molar-refractivity contribution is 0.153. The van der Waals surface area contributed by atoms with E-state index in [9.17, 15) is 4.79 Å². The number of carbonyl (C=O) groups is 1. The molecule has 0 fully saturated rings. The second-order valence-corrected chi connectivity index (χ2v) is 7.49. The van der Waals surface area contributed by atoms with Crippen LogP contribution in [0.4, 0.5) is 16.2 Å². The maximum atomic E-state index is 12.1. The summed E-state index contributed by atoms with van der Waals surface area (Å²) in [5.74, 6) is 1.33. The molecule has 0 aromatic heterocycles. The van der Waals surface area contributed by atoms with E-state index in [2.05, 4.69) is 0 Å². The van der Waals surface area contributed by atoms with Crippen LogP contribution in [0.5, 0.6) is 5.75 Å². The zero-order chi connectivity index (χ0) is 20.1. The fourth-order valence-corrected chi connectivity index (χ4v) is 3.95. The number of aliphatic imine (C=N–C) groups is 1. The first-order chi connectivity index (χ1) is 13.5. The van der Waals surface area contributed by atoms with E-state index in [0.29, 0.717) is 10.8 Å². The predicted octanol–water partition coefficient (Wildman–Crippen LogP) is 5.26. The summed E-state index contributed by atoms with van der Waals surface area (Å²) in [4.78, 5) is 18.3. The average molecular weight is 421 g/mol. The fourth-order valence-electron chi connectivity index (χ4n) is 2.79. The Morgan fingerprint density at radius 2 is 2.07 bits per heavy atom. The second-order valence-electron chi connectivity index (χ2n) is 6.06. The molecule has 3 rings (SSSR count). The first-order valence-electron chi connectivity index (χ1n) is 8.63. The van der Waals surface area contributed by atoms with Gasteiger partial charge in [0.2, 0.25) is 0 Å². The number of hydrogen-bond acceptors (Lipinski definition) is 6. The molecule has 28 heavy (non-hydrogen) atoms. The number of carbonyl (C=O) groups excluding carboxylic acids is 1. The van der Waals surface area contributed by atoms with Crippen molar-refractivity contribution in [1.82, 2.24) is 0 Å². The molecule has 1 atom stereocenters. The van der Waals surface area contributed by atoms with E-state index in [1.807, 2.05) is 37.3 Å². The fraction of sp³-hybridized carbons (Fsp3) is 0.300. The maximum Gasteiger partial charge on any atom is 0.415 e. The summed E-state index contributed by atoms with van der Waals surface area (Å²) < 4.78 is 16.0. The van der Waals surface area contributed by atoms with Crippen molar-refractivity contribution >= 4 is 45.9 Å². The molecule has 1 aliphatic rings. The summed E-state index contributed by atoms with van der Waals surface area (Å²) in [6, 6.07) is 13.0. The van der Waals surface area contributed by atoms with E-state index in [1.165, 1.54) is 19.1 Å². The van der Waals surface area contributed by atoms with Gasteiger partial charge in [-0.2, -0.15) is 0 Å². The monoisotopic (exact) mass is 420 g/mol. The van der Waals surface area contributed by atoms with Crippen LogP contribution in [0.2, 0.25) is 5.02 Å². The van der Waals surface area contributed by atoms with Crippen LogP contribution >= 0.6 is 23.4 Å². The summed E-state index contributed by atoms with van der Waals surface area (Å²) >= 11 is 7.63. The SMILES string of the molecule is COCN(C(=O)OC)c1ccccc1CSC1=Nc2cc(Cl)ccc2OC1C. The third kappa shape index (κ3) is 4.60. The number of methoxy groups -OCH3 is 2. The highest BCUT2D eigenvalue weighted by Gasteiger charge is 2.23. The zero-order valence-electron chi connectivity index (χ0n) is 15.8. The van der Waals surface area contributed by atoms with Crippen LogP contribution in [0.15, 0.2) is 47.5 Å². The number of rotatable bonds is 5. The van der Waals surface area contributed by atoms with E-state index < -0.39 is 6.09 Å². The molecule has 1 unspecified atom stereocenters. The van der Waals surface area contributed by atoms with Crippen molar-refractivity contribution in [2.24, 2.45) is 4.99 Å². The van der Waals surface area contributed by atoms with Crippen LogP contribution in [0.1, 0.15) is 12.5 Å². The van der Waals surface area contributed by atoms with Crippen molar-refractivity contribution in [2.75, 3.05) is 25.9 Å². The van der Waals surface area contributed by atoms with Crippen LogP contribution < -0.4 is 9.64 Å². The lowest BCUT2D eigenvalue weighted by Crippen LogP contribution is -2.33. The van der Waals surface area contributed by atoms with Crippen LogP contribution in [-0.4, -0.2) is 38.2 Å². The van der Waals surface area contributed by atoms with Crippen molar-refractivity contribution in [1.29, 1.82) is 0 Å². The number of halogens is 1. The van der Waals surface area contributed by atoms with E-state index >= 15 is 0 Å². The van der Waals surface area contributed by atoms with E-state index in [1.54, 1.807) is 23.9 Å². The number of amides is 1. The van der Waals surface area contributed by atoms with Gasteiger partial charge in [0.05, 0.1) is 12.8 Å². The predicted molar refractivity (Wildman–Crippen MR) is 113 cm³/mol. The van der Waals surface area contributed by atoms with Gasteiger partial charge in [-0.05, 0) is 36.8 Å². The van der Waals surface area contributed by atoms with Gasteiger partial charge in [0.15, 0.2) is 0 Å². The molecule has 2 aromatic rings. The quantitative estimate of drug-likeness (QED) is 0.617. The Morgan fingerprint density at radius 1 is 1.29 bits per heavy atom. The normalized spacial score (nSPS) is 15.3. The number of ether oxygens (including phenoxy) is 3. The van der Waals surface area contributed by atoms with Crippen LogP contribution in [0, 0.1) is 0 Å². The number of nitrogens with zero attached hydrogens (tertiary/aromatic N) is 2. The molecule has 1 amide bonds. The largest absolute Gasteiger partial charge is 0.482 e. The van der Waals surface area contributed by atoms with Crippen LogP contribution in [-0.2, 0) is 15.2 Å². The van der Waals surface area contributed by atoms with Gasteiger partial charge in [0.1, 0.15) is 29.3 Å². The molecule has 0 aliphatic carbocycles. The molecule has 6 nitrogen and oxygen atoms in total. The van der Waals surface area contributed by atoms with Gasteiger partial charge in [0.25, 0.3) is 0 Å². The van der Waals surface area contributed by atoms with Gasteiger partial charge in [-0.25, -0.2) is 9.79 Å². The first-order valence-corrected chi connectivity index (χ1v) is 9.99. The van der Waals surface area contributed by atoms with Gasteiger partial charge < -0.3 is 14.2 Å². The third-order valence-corrected chi connectivity index (χ3v) is 5.52. The van der Waals surface area contributed by atoms with Gasteiger partial charge in [-0.3, -0.25) is 4.90 Å². The Labute approximate surface area is 173 Å². The molecule has 2 aromatic carbocycles. The molecule has 1 aliphatic heterocycles. The van der Waals surface area contributed by atoms with E-state index in [4.69, 9.17) is 30.8 Å². The molecule has 0 radical (unpaired) electrons. The Bertz CT molecular complexity index is 890. The van der Waals surface area contributed by atoms with Crippen molar-refractivity contribution in [2.45, 2.75) is 18.8 Å². The molecular weight excluding hydrogens is 400 g/mol. The van der Waals surface area contributed by atoms with Gasteiger partial charge in [0, 0.05) is 17.9 Å². The van der Waals surface area contributed by atoms with Crippen LogP contribution in [0.25, 0.3) is 0 Å². The topological polar surface area (TPSA) is 60.4 Å². The number of thioether (sulfide) groups is 1. The number of hydrogen-bond donors (Lipinski definition) is 0. The third-order valence-electron chi connectivity index (χ3n) is 4.11. The van der Waals surface area contributed by atoms with Crippen LogP contribution in [0.3, 0.4) is 0 Å². The average Bonchev–Trinajstić information content (AvgIpc) is 2.70. The molecule has 0 spiro atoms. The van der Waals surface area contributed by atoms with Gasteiger partial charge in [-0.15, -0.1) is 11.8 Å². The summed E-state index contributed by atoms with van der Waals surface area (Å²) in [5, 5.41) is 1.46. The highest BCUT2D eigenvalue weighted by molar-refractivity contribution is 8.13. The number of fused-ring (bicyclic) bond motifs is 1. The van der Waals surface area contributed by atoms with E-state index in [0.717, 1.165) is 27.7 Å². The van der Waals surface area contributed by atoms with Gasteiger partial charge in [-0.1, -0.05) is 29.8 Å². The highest BCUT2D eigenvalue weighted by atomic mass is 35.5. The molecule has 0 saturated carbocycles. The lowest BCUT2D eigenvalue weighted by Gasteiger charge is -2.25. The second kappa shape index (κ2) is 9.32. The van der Waals surface area contributed by atoms with Crippen molar-refractivity contribution in [3.63, 3.8) is 0 Å². The minimum Gasteiger partial charge on any atom is -0.482 e. The summed E-state index contributed by atoms with van der Waals surface area (Å²) in [6.07, 6.45) is -0.642. The van der Waals surface area contributed by atoms with Crippen molar-refractivity contribution < 1.29 is 19.0 Å². The Morgan fingerprint density at radius 3 is 2.82 bits per heavy atom. The molecule has 8 heteroatoms. The summed E-state index contributed by atoms with van der Waals surface area (Å²) in [6.45, 7) is 2.06. The lowest BCUT2D eigenvalue weighted by atomic mass is 10.2. The number of para-hydroxylation sites is 1. The molecular formula is C20H21ClN2O4S. The molecule has 0 saturated heterocycles. The summed E-state index contributed by atoms with van der Waals surface area (Å²) in [7, 11) is 2.88. The minimum absolute atomic E-state index is 0.0979. The Hall–Kier alpha value is -2.22. The number of benzene rings is 2. The maximum absolute atomic E-state index is 12.1. The molecule has 0 bridgehead atoms. The number of anilines is 1. The minimum atomic E-state index is -0.477. The zero-order valence-corrected chi connectivity index (χ0v) is 17.4. The Kier molecular flexibility index (Phi) is 6.83. The highest BCUT2D eigenvalue weighted by Crippen LogP contribution is 2.37. The molecule has 148 valence electrons. The molecule has 1 heterocycles. The molecule has 0 N–H and O–H groups in total. The van der Waals surface area contributed by atoms with E-state index in [-0.39, 0.29) is 12.8 Å². The standard InChI is InChI=1S/C20H21ClN2O4S/c1-13-19(22-16-10-15(21)8-9-18(16)27-13)28-11-14-6-4-5-7-17(14)23(12-25-2)20(24)26-3/h4-10,13H,11-12H2,1-3H3. The summed E-state index contributed by atoms with van der Waals surface area (Å²) in [5.41, 5.74) is 2.41. The first kappa shape index (κ1) is 20.5. The van der Waals surface area contributed by atoms with Crippen molar-refractivity contribution in [3.05, 3.63) is 53.1 Å². The van der Waals surface area contributed by atoms with Crippen molar-refractivity contribution in [3.8, 4) is 5.75 Å². The Balaban J connectivity index is 1.82.